The highest BCUT2D eigenvalue weighted by molar-refractivity contribution is 5.76. The summed E-state index contributed by atoms with van der Waals surface area (Å²) in [5.74, 6) is 1.07. The second-order valence-electron chi connectivity index (χ2n) is 6.44. The van der Waals surface area contributed by atoms with Gasteiger partial charge in [-0.1, -0.05) is 18.2 Å². The molecule has 1 fully saturated rings. The van der Waals surface area contributed by atoms with Gasteiger partial charge in [0, 0.05) is 62.7 Å². The van der Waals surface area contributed by atoms with E-state index in [0.29, 0.717) is 24.6 Å². The van der Waals surface area contributed by atoms with Gasteiger partial charge < -0.3 is 14.2 Å². The average molecular weight is 363 g/mol. The maximum atomic E-state index is 12.5. The number of hydrogen-bond donors (Lipinski definition) is 0. The zero-order valence-electron chi connectivity index (χ0n) is 15.0. The molecule has 27 heavy (non-hydrogen) atoms. The van der Waals surface area contributed by atoms with Crippen molar-refractivity contribution in [2.24, 2.45) is 0 Å². The minimum Gasteiger partial charge on any atom is -0.421 e. The molecule has 0 atom stereocenters. The van der Waals surface area contributed by atoms with Crippen LogP contribution in [-0.2, 0) is 11.2 Å². The van der Waals surface area contributed by atoms with Crippen LogP contribution < -0.4 is 4.90 Å². The topological polar surface area (TPSA) is 75.4 Å². The number of carbonyl (C=O) groups excluding carboxylic acids is 1. The molecule has 0 spiro atoms. The van der Waals surface area contributed by atoms with Crippen LogP contribution in [0.4, 0.5) is 5.69 Å². The predicted molar refractivity (Wildman–Crippen MR) is 101 cm³/mol. The average Bonchev–Trinajstić information content (AvgIpc) is 3.22. The minimum absolute atomic E-state index is 0.131. The van der Waals surface area contributed by atoms with Gasteiger partial charge in [-0.2, -0.15) is 0 Å². The summed E-state index contributed by atoms with van der Waals surface area (Å²) in [7, 11) is 0. The number of anilines is 1. The van der Waals surface area contributed by atoms with Gasteiger partial charge in [-0.05, 0) is 24.3 Å². The normalized spacial score (nSPS) is 14.4. The number of amides is 1. The number of aryl methyl sites for hydroxylation is 1. The third-order valence-electron chi connectivity index (χ3n) is 4.70. The molecule has 0 N–H and O–H groups in total. The van der Waals surface area contributed by atoms with Gasteiger partial charge in [-0.25, -0.2) is 0 Å². The first kappa shape index (κ1) is 17.2. The molecule has 0 aliphatic carbocycles. The zero-order chi connectivity index (χ0) is 18.5. The lowest BCUT2D eigenvalue weighted by atomic mass is 10.2. The Labute approximate surface area is 157 Å². The summed E-state index contributed by atoms with van der Waals surface area (Å²) in [6, 6.07) is 13.9. The van der Waals surface area contributed by atoms with E-state index in [9.17, 15) is 4.79 Å². The van der Waals surface area contributed by atoms with Crippen LogP contribution in [0.25, 0.3) is 11.5 Å². The summed E-state index contributed by atoms with van der Waals surface area (Å²) < 4.78 is 5.65. The van der Waals surface area contributed by atoms with E-state index in [2.05, 4.69) is 32.2 Å². The van der Waals surface area contributed by atoms with Gasteiger partial charge in [0.25, 0.3) is 0 Å². The van der Waals surface area contributed by atoms with Gasteiger partial charge in [0.2, 0.25) is 17.7 Å². The van der Waals surface area contributed by atoms with Gasteiger partial charge in [0.05, 0.1) is 0 Å². The van der Waals surface area contributed by atoms with E-state index < -0.39 is 0 Å². The molecule has 7 heteroatoms. The summed E-state index contributed by atoms with van der Waals surface area (Å²) in [5.41, 5.74) is 2.03. The van der Waals surface area contributed by atoms with Gasteiger partial charge in [0.15, 0.2) is 0 Å². The Morgan fingerprint density at radius 2 is 1.70 bits per heavy atom. The molecule has 1 amide bonds. The smallest absolute Gasteiger partial charge is 0.247 e. The quantitative estimate of drug-likeness (QED) is 0.693. The highest BCUT2D eigenvalue weighted by Gasteiger charge is 2.21. The number of piperazine rings is 1. The van der Waals surface area contributed by atoms with Crippen LogP contribution in [0, 0.1) is 0 Å². The van der Waals surface area contributed by atoms with Gasteiger partial charge in [-0.3, -0.25) is 9.78 Å². The van der Waals surface area contributed by atoms with Crippen molar-refractivity contribution in [3.05, 3.63) is 60.7 Å². The third kappa shape index (κ3) is 4.13. The molecule has 0 unspecified atom stereocenters. The monoisotopic (exact) mass is 363 g/mol. The molecule has 2 aromatic heterocycles. The number of carbonyl (C=O) groups is 1. The van der Waals surface area contributed by atoms with Crippen LogP contribution in [0.15, 0.2) is 59.3 Å². The lowest BCUT2D eigenvalue weighted by molar-refractivity contribution is -0.131. The molecule has 3 aromatic rings. The van der Waals surface area contributed by atoms with Gasteiger partial charge in [-0.15, -0.1) is 10.2 Å². The summed E-state index contributed by atoms with van der Waals surface area (Å²) in [6.07, 6.45) is 4.19. The van der Waals surface area contributed by atoms with Crippen molar-refractivity contribution in [1.82, 2.24) is 20.1 Å². The molecule has 4 rings (SSSR count). The lowest BCUT2D eigenvalue weighted by Gasteiger charge is -2.36. The summed E-state index contributed by atoms with van der Waals surface area (Å²) >= 11 is 0. The Hall–Kier alpha value is -3.22. The molecule has 0 saturated carbocycles. The molecular weight excluding hydrogens is 342 g/mol. The Bertz CT molecular complexity index is 874. The van der Waals surface area contributed by atoms with Crippen molar-refractivity contribution < 1.29 is 9.21 Å². The highest BCUT2D eigenvalue weighted by atomic mass is 16.4. The molecule has 1 aromatic carbocycles. The van der Waals surface area contributed by atoms with E-state index in [0.717, 1.165) is 31.7 Å². The largest absolute Gasteiger partial charge is 0.421 e. The molecule has 1 aliphatic heterocycles. The molecule has 7 nitrogen and oxygen atoms in total. The number of rotatable bonds is 5. The third-order valence-corrected chi connectivity index (χ3v) is 4.70. The van der Waals surface area contributed by atoms with Crippen molar-refractivity contribution in [2.75, 3.05) is 31.1 Å². The zero-order valence-corrected chi connectivity index (χ0v) is 15.0. The van der Waals surface area contributed by atoms with Crippen LogP contribution in [0.3, 0.4) is 0 Å². The molecule has 1 aliphatic rings. The molecule has 0 bridgehead atoms. The Balaban J connectivity index is 1.27. The lowest BCUT2D eigenvalue weighted by Crippen LogP contribution is -2.48. The Morgan fingerprint density at radius 3 is 2.44 bits per heavy atom. The van der Waals surface area contributed by atoms with E-state index in [-0.39, 0.29) is 5.91 Å². The summed E-state index contributed by atoms with van der Waals surface area (Å²) in [4.78, 5) is 20.7. The standard InChI is InChI=1S/C20H21N5O2/c26-19(25-14-12-24(13-15-25)17-4-2-1-3-5-17)7-6-18-22-23-20(27-18)16-8-10-21-11-9-16/h1-5,8-11H,6-7,12-15H2. The predicted octanol–water partition coefficient (Wildman–Crippen LogP) is 2.41. The second-order valence-corrected chi connectivity index (χ2v) is 6.44. The molecule has 138 valence electrons. The number of benzene rings is 1. The fourth-order valence-corrected chi connectivity index (χ4v) is 3.19. The number of hydrogen-bond acceptors (Lipinski definition) is 6. The fraction of sp³-hybridized carbons (Fsp3) is 0.300. The van der Waals surface area contributed by atoms with Crippen LogP contribution in [0.5, 0.6) is 0 Å². The first-order valence-electron chi connectivity index (χ1n) is 9.10. The molecular formula is C20H21N5O2. The van der Waals surface area contributed by atoms with Crippen LogP contribution in [0.1, 0.15) is 12.3 Å². The van der Waals surface area contributed by atoms with E-state index in [1.165, 1.54) is 5.69 Å². The molecule has 1 saturated heterocycles. The van der Waals surface area contributed by atoms with Crippen molar-refractivity contribution >= 4 is 11.6 Å². The second kappa shape index (κ2) is 7.99. The van der Waals surface area contributed by atoms with Crippen molar-refractivity contribution in [2.45, 2.75) is 12.8 Å². The Kier molecular flexibility index (Phi) is 5.09. The molecule has 3 heterocycles. The SMILES string of the molecule is O=C(CCc1nnc(-c2ccncc2)o1)N1CCN(c2ccccc2)CC1. The fourth-order valence-electron chi connectivity index (χ4n) is 3.19. The van der Waals surface area contributed by atoms with E-state index in [1.54, 1.807) is 12.4 Å². The van der Waals surface area contributed by atoms with Crippen LogP contribution in [0.2, 0.25) is 0 Å². The van der Waals surface area contributed by atoms with Crippen molar-refractivity contribution in [1.29, 1.82) is 0 Å². The first-order chi connectivity index (χ1) is 13.3. The maximum absolute atomic E-state index is 12.5. The minimum atomic E-state index is 0.131. The van der Waals surface area contributed by atoms with Gasteiger partial charge in [0.1, 0.15) is 0 Å². The Morgan fingerprint density at radius 1 is 0.963 bits per heavy atom. The van der Waals surface area contributed by atoms with Crippen molar-refractivity contribution in [3.63, 3.8) is 0 Å². The van der Waals surface area contributed by atoms with Crippen LogP contribution >= 0.6 is 0 Å². The summed E-state index contributed by atoms with van der Waals surface area (Å²) in [5, 5.41) is 8.09. The van der Waals surface area contributed by atoms with Crippen molar-refractivity contribution in [3.8, 4) is 11.5 Å². The van der Waals surface area contributed by atoms with Crippen LogP contribution in [-0.4, -0.2) is 52.2 Å². The highest BCUT2D eigenvalue weighted by Crippen LogP contribution is 2.18. The number of para-hydroxylation sites is 1. The van der Waals surface area contributed by atoms with E-state index >= 15 is 0 Å². The van der Waals surface area contributed by atoms with E-state index in [1.807, 2.05) is 35.2 Å². The first-order valence-corrected chi connectivity index (χ1v) is 9.10. The van der Waals surface area contributed by atoms with E-state index in [4.69, 9.17) is 4.42 Å². The maximum Gasteiger partial charge on any atom is 0.247 e. The number of nitrogens with zero attached hydrogens (tertiary/aromatic N) is 5. The summed E-state index contributed by atoms with van der Waals surface area (Å²) in [6.45, 7) is 3.17. The van der Waals surface area contributed by atoms with Gasteiger partial charge >= 0.3 is 0 Å². The molecule has 0 radical (unpaired) electrons. The number of pyridine rings is 1. The number of aromatic nitrogens is 3.